The zero-order valence-electron chi connectivity index (χ0n) is 10.7. The van der Waals surface area contributed by atoms with Crippen LogP contribution in [-0.2, 0) is 6.54 Å². The minimum Gasteiger partial charge on any atom is -0.315 e. The molecule has 1 aromatic rings. The van der Waals surface area contributed by atoms with Gasteiger partial charge in [-0.2, -0.15) is 0 Å². The van der Waals surface area contributed by atoms with Crippen molar-refractivity contribution in [3.05, 3.63) is 34.7 Å². The van der Waals surface area contributed by atoms with Crippen molar-refractivity contribution in [3.8, 4) is 0 Å². The van der Waals surface area contributed by atoms with E-state index in [-0.39, 0.29) is 5.56 Å². The van der Waals surface area contributed by atoms with Crippen LogP contribution in [0.2, 0.25) is 0 Å². The van der Waals surface area contributed by atoms with Crippen LogP contribution in [0.15, 0.2) is 29.2 Å². The third-order valence-electron chi connectivity index (χ3n) is 4.32. The van der Waals surface area contributed by atoms with Crippen molar-refractivity contribution in [2.45, 2.75) is 25.4 Å². The Bertz CT molecular complexity index is 456. The Kier molecular flexibility index (Phi) is 3.48. The standard InChI is InChI=1S/C14H21N3O/c18-14-5-1-2-6-17(14)9-8-16-7-3-4-12-10-15-11-13(12)16/h1-2,5-6,12-13,15H,3-4,7-11H2. The number of rotatable bonds is 3. The lowest BCUT2D eigenvalue weighted by Gasteiger charge is -2.37. The topological polar surface area (TPSA) is 37.3 Å². The second-order valence-electron chi connectivity index (χ2n) is 5.40. The molecule has 2 aliphatic rings. The van der Waals surface area contributed by atoms with Gasteiger partial charge in [0.15, 0.2) is 0 Å². The molecule has 0 spiro atoms. The van der Waals surface area contributed by atoms with Crippen molar-refractivity contribution in [3.63, 3.8) is 0 Å². The summed E-state index contributed by atoms with van der Waals surface area (Å²) in [5.74, 6) is 0.825. The van der Waals surface area contributed by atoms with Crippen LogP contribution in [0.25, 0.3) is 0 Å². The predicted octanol–water partition coefficient (Wildman–Crippen LogP) is 0.532. The van der Waals surface area contributed by atoms with Gasteiger partial charge in [-0.1, -0.05) is 6.07 Å². The van der Waals surface area contributed by atoms with Gasteiger partial charge in [0.05, 0.1) is 0 Å². The molecule has 2 aliphatic heterocycles. The molecule has 2 saturated heterocycles. The number of nitrogens with zero attached hydrogens (tertiary/aromatic N) is 2. The Labute approximate surface area is 108 Å². The summed E-state index contributed by atoms with van der Waals surface area (Å²) in [7, 11) is 0. The van der Waals surface area contributed by atoms with Gasteiger partial charge in [-0.25, -0.2) is 0 Å². The molecule has 4 nitrogen and oxygen atoms in total. The van der Waals surface area contributed by atoms with E-state index in [1.807, 2.05) is 16.8 Å². The largest absolute Gasteiger partial charge is 0.315 e. The molecule has 4 heteroatoms. The molecule has 2 fully saturated rings. The quantitative estimate of drug-likeness (QED) is 0.847. The van der Waals surface area contributed by atoms with Gasteiger partial charge in [0.25, 0.3) is 5.56 Å². The molecule has 0 bridgehead atoms. The first-order valence-corrected chi connectivity index (χ1v) is 6.95. The summed E-state index contributed by atoms with van der Waals surface area (Å²) in [5, 5.41) is 3.49. The highest BCUT2D eigenvalue weighted by Gasteiger charge is 2.34. The highest BCUT2D eigenvalue weighted by Crippen LogP contribution is 2.25. The third-order valence-corrected chi connectivity index (χ3v) is 4.32. The van der Waals surface area contributed by atoms with Gasteiger partial charge in [0.2, 0.25) is 0 Å². The van der Waals surface area contributed by atoms with Crippen molar-refractivity contribution in [1.82, 2.24) is 14.8 Å². The van der Waals surface area contributed by atoms with Crippen LogP contribution in [-0.4, -0.2) is 41.7 Å². The van der Waals surface area contributed by atoms with Crippen molar-refractivity contribution in [2.24, 2.45) is 5.92 Å². The number of aromatic nitrogens is 1. The van der Waals surface area contributed by atoms with E-state index in [9.17, 15) is 4.79 Å². The van der Waals surface area contributed by atoms with Gasteiger partial charge >= 0.3 is 0 Å². The molecule has 0 saturated carbocycles. The fraction of sp³-hybridized carbons (Fsp3) is 0.643. The molecule has 3 rings (SSSR count). The Hall–Kier alpha value is -1.13. The second-order valence-corrected chi connectivity index (χ2v) is 5.40. The number of pyridine rings is 1. The molecular formula is C14H21N3O. The smallest absolute Gasteiger partial charge is 0.250 e. The molecule has 2 unspecified atom stereocenters. The Morgan fingerprint density at radius 3 is 3.11 bits per heavy atom. The fourth-order valence-corrected chi connectivity index (χ4v) is 3.32. The monoisotopic (exact) mass is 247 g/mol. The lowest BCUT2D eigenvalue weighted by molar-refractivity contribution is 0.120. The first-order valence-electron chi connectivity index (χ1n) is 6.95. The van der Waals surface area contributed by atoms with Gasteiger partial charge in [0, 0.05) is 37.9 Å². The van der Waals surface area contributed by atoms with Crippen molar-refractivity contribution in [2.75, 3.05) is 26.2 Å². The van der Waals surface area contributed by atoms with Crippen LogP contribution >= 0.6 is 0 Å². The molecule has 1 aromatic heterocycles. The van der Waals surface area contributed by atoms with Gasteiger partial charge in [-0.15, -0.1) is 0 Å². The molecule has 98 valence electrons. The second kappa shape index (κ2) is 5.24. The van der Waals surface area contributed by atoms with E-state index in [0.29, 0.717) is 6.04 Å². The number of nitrogens with one attached hydrogen (secondary N) is 1. The number of fused-ring (bicyclic) bond motifs is 1. The summed E-state index contributed by atoms with van der Waals surface area (Å²) >= 11 is 0. The average Bonchev–Trinajstić information content (AvgIpc) is 2.86. The molecule has 1 N–H and O–H groups in total. The normalized spacial score (nSPS) is 28.2. The highest BCUT2D eigenvalue weighted by atomic mass is 16.1. The fourth-order valence-electron chi connectivity index (χ4n) is 3.32. The molecule has 0 aromatic carbocycles. The zero-order chi connectivity index (χ0) is 12.4. The number of hydrogen-bond donors (Lipinski definition) is 1. The summed E-state index contributed by atoms with van der Waals surface area (Å²) in [4.78, 5) is 14.2. The molecule has 0 amide bonds. The number of hydrogen-bond acceptors (Lipinski definition) is 3. The molecular weight excluding hydrogens is 226 g/mol. The average molecular weight is 247 g/mol. The van der Waals surface area contributed by atoms with E-state index in [1.165, 1.54) is 25.9 Å². The molecule has 18 heavy (non-hydrogen) atoms. The van der Waals surface area contributed by atoms with Crippen molar-refractivity contribution in [1.29, 1.82) is 0 Å². The van der Waals surface area contributed by atoms with Crippen LogP contribution in [0.3, 0.4) is 0 Å². The molecule has 3 heterocycles. The molecule has 2 atom stereocenters. The summed E-state index contributed by atoms with van der Waals surface area (Å²) in [5.41, 5.74) is 0.107. The van der Waals surface area contributed by atoms with Crippen LogP contribution in [0.4, 0.5) is 0 Å². The first-order chi connectivity index (χ1) is 8.84. The van der Waals surface area contributed by atoms with E-state index in [1.54, 1.807) is 12.1 Å². The predicted molar refractivity (Wildman–Crippen MR) is 71.7 cm³/mol. The van der Waals surface area contributed by atoms with Crippen LogP contribution < -0.4 is 10.9 Å². The lowest BCUT2D eigenvalue weighted by atomic mass is 9.92. The summed E-state index contributed by atoms with van der Waals surface area (Å²) in [6.07, 6.45) is 4.54. The maximum atomic E-state index is 11.7. The van der Waals surface area contributed by atoms with Crippen LogP contribution in [0, 0.1) is 5.92 Å². The summed E-state index contributed by atoms with van der Waals surface area (Å²) in [6.45, 7) is 5.28. The molecule has 0 radical (unpaired) electrons. The van der Waals surface area contributed by atoms with Gasteiger partial charge < -0.3 is 9.88 Å². The Morgan fingerprint density at radius 2 is 2.22 bits per heavy atom. The van der Waals surface area contributed by atoms with E-state index < -0.39 is 0 Å². The first kappa shape index (κ1) is 11.9. The minimum atomic E-state index is 0.107. The molecule has 0 aliphatic carbocycles. The Balaban J connectivity index is 1.63. The minimum absolute atomic E-state index is 0.107. The van der Waals surface area contributed by atoms with E-state index in [2.05, 4.69) is 10.2 Å². The van der Waals surface area contributed by atoms with Crippen LogP contribution in [0.1, 0.15) is 12.8 Å². The third kappa shape index (κ3) is 2.35. The summed E-state index contributed by atoms with van der Waals surface area (Å²) < 4.78 is 1.81. The van der Waals surface area contributed by atoms with E-state index in [0.717, 1.165) is 25.6 Å². The van der Waals surface area contributed by atoms with E-state index >= 15 is 0 Å². The SMILES string of the molecule is O=c1ccccn1CCN1CCCC2CNCC21. The van der Waals surface area contributed by atoms with E-state index in [4.69, 9.17) is 0 Å². The number of likely N-dealkylation sites (tertiary alicyclic amines) is 1. The van der Waals surface area contributed by atoms with Gasteiger partial charge in [0.1, 0.15) is 0 Å². The number of piperidine rings is 1. The maximum Gasteiger partial charge on any atom is 0.250 e. The highest BCUT2D eigenvalue weighted by molar-refractivity contribution is 4.95. The zero-order valence-corrected chi connectivity index (χ0v) is 10.7. The lowest BCUT2D eigenvalue weighted by Crippen LogP contribution is -2.46. The maximum absolute atomic E-state index is 11.7. The Morgan fingerprint density at radius 1 is 1.28 bits per heavy atom. The van der Waals surface area contributed by atoms with Gasteiger partial charge in [-0.05, 0) is 37.9 Å². The van der Waals surface area contributed by atoms with Crippen molar-refractivity contribution < 1.29 is 0 Å². The summed E-state index contributed by atoms with van der Waals surface area (Å²) in [6, 6.07) is 6.06. The van der Waals surface area contributed by atoms with Crippen LogP contribution in [0.5, 0.6) is 0 Å². The van der Waals surface area contributed by atoms with Crippen molar-refractivity contribution >= 4 is 0 Å². The van der Waals surface area contributed by atoms with Gasteiger partial charge in [-0.3, -0.25) is 9.69 Å².